The molecule has 0 bridgehead atoms. The Kier molecular flexibility index (Phi) is 8.93. The largest absolute Gasteiger partial charge is 0.444 e. The van der Waals surface area contributed by atoms with Gasteiger partial charge in [0.05, 0.1) is 27.9 Å². The Bertz CT molecular complexity index is 1960. The molecule has 0 radical (unpaired) electrons. The zero-order valence-electron chi connectivity index (χ0n) is 26.5. The molecule has 11 nitrogen and oxygen atoms in total. The maximum Gasteiger partial charge on any atom is 0.417 e. The van der Waals surface area contributed by atoms with E-state index in [1.54, 1.807) is 24.0 Å². The molecule has 4 heterocycles. The van der Waals surface area contributed by atoms with Crippen molar-refractivity contribution in [2.75, 3.05) is 18.4 Å². The zero-order valence-corrected chi connectivity index (χ0v) is 27.3. The second kappa shape index (κ2) is 12.5. The number of benzene rings is 1. The molecular weight excluding hydrogens is 635 g/mol. The second-order valence-electron chi connectivity index (χ2n) is 12.6. The Morgan fingerprint density at radius 1 is 1.11 bits per heavy atom. The minimum Gasteiger partial charge on any atom is -0.444 e. The number of alkyl halides is 3. The topological polar surface area (TPSA) is 143 Å². The predicted molar refractivity (Wildman–Crippen MR) is 168 cm³/mol. The first-order valence-corrected chi connectivity index (χ1v) is 16.3. The number of likely N-dealkylation sites (tertiary alicyclic amines) is 1. The maximum atomic E-state index is 13.8. The van der Waals surface area contributed by atoms with Gasteiger partial charge in [-0.3, -0.25) is 0 Å². The average Bonchev–Trinajstić information content (AvgIpc) is 3.40. The zero-order chi connectivity index (χ0) is 34.3. The third kappa shape index (κ3) is 7.17. The van der Waals surface area contributed by atoms with Gasteiger partial charge in [0.2, 0.25) is 5.95 Å². The summed E-state index contributed by atoms with van der Waals surface area (Å²) in [4.78, 5) is 26.7. The van der Waals surface area contributed by atoms with Crippen LogP contribution in [0.15, 0.2) is 53.8 Å². The van der Waals surface area contributed by atoms with E-state index in [1.807, 2.05) is 33.8 Å². The molecule has 248 valence electrons. The fraction of sp³-hybridized carbons (Fsp3) is 0.406. The smallest absolute Gasteiger partial charge is 0.417 e. The van der Waals surface area contributed by atoms with Crippen LogP contribution in [0.4, 0.5) is 23.9 Å². The number of pyridine rings is 1. The van der Waals surface area contributed by atoms with Crippen molar-refractivity contribution in [1.82, 2.24) is 23.8 Å². The van der Waals surface area contributed by atoms with Gasteiger partial charge >= 0.3 is 12.3 Å². The van der Waals surface area contributed by atoms with E-state index in [1.165, 1.54) is 18.3 Å². The Balaban J connectivity index is 1.50. The van der Waals surface area contributed by atoms with Crippen LogP contribution in [-0.4, -0.2) is 63.1 Å². The monoisotopic (exact) mass is 669 g/mol. The first-order chi connectivity index (χ1) is 22.0. The summed E-state index contributed by atoms with van der Waals surface area (Å²) in [5, 5.41) is 13.0. The summed E-state index contributed by atoms with van der Waals surface area (Å²) >= 11 is 0. The van der Waals surface area contributed by atoms with Gasteiger partial charge < -0.3 is 15.0 Å². The molecule has 1 aliphatic rings. The number of carbonyl (C=O) groups excluding carboxylic acids is 1. The Morgan fingerprint density at radius 3 is 2.36 bits per heavy atom. The number of piperidine rings is 1. The Morgan fingerprint density at radius 2 is 1.77 bits per heavy atom. The van der Waals surface area contributed by atoms with E-state index < -0.39 is 27.4 Å². The number of anilines is 1. The normalized spacial score (nSPS) is 15.3. The first kappa shape index (κ1) is 33.6. The van der Waals surface area contributed by atoms with Crippen molar-refractivity contribution in [3.05, 3.63) is 65.6 Å². The van der Waals surface area contributed by atoms with Gasteiger partial charge in [-0.05, 0) is 71.6 Å². The maximum absolute atomic E-state index is 13.8. The Labute approximate surface area is 270 Å². The Hall–Kier alpha value is -4.71. The average molecular weight is 670 g/mol. The van der Waals surface area contributed by atoms with Crippen LogP contribution >= 0.6 is 0 Å². The lowest BCUT2D eigenvalue weighted by molar-refractivity contribution is -0.137. The molecule has 1 aliphatic heterocycles. The van der Waals surface area contributed by atoms with Crippen molar-refractivity contribution in [2.24, 2.45) is 5.92 Å². The molecule has 0 spiro atoms. The first-order valence-electron chi connectivity index (χ1n) is 14.9. The molecule has 1 fully saturated rings. The molecule has 15 heteroatoms. The molecule has 47 heavy (non-hydrogen) atoms. The molecule has 3 aromatic heterocycles. The number of rotatable bonds is 6. The third-order valence-electron chi connectivity index (χ3n) is 7.94. The summed E-state index contributed by atoms with van der Waals surface area (Å²) in [6.07, 6.45) is -0.845. The van der Waals surface area contributed by atoms with E-state index in [9.17, 15) is 31.6 Å². The van der Waals surface area contributed by atoms with Crippen LogP contribution in [0.5, 0.6) is 0 Å². The summed E-state index contributed by atoms with van der Waals surface area (Å²) in [5.74, 6) is 0.222. The quantitative estimate of drug-likeness (QED) is 0.248. The number of nitrogens with zero attached hydrogens (tertiary/aromatic N) is 6. The van der Waals surface area contributed by atoms with Crippen LogP contribution in [0.25, 0.3) is 22.3 Å². The highest BCUT2D eigenvalue weighted by atomic mass is 32.2. The molecule has 0 unspecified atom stereocenters. The van der Waals surface area contributed by atoms with Gasteiger partial charge in [0.15, 0.2) is 5.65 Å². The van der Waals surface area contributed by atoms with Crippen LogP contribution in [-0.2, 0) is 20.9 Å². The standard InChI is InChI=1S/C32H34F3N7O4S/c1-19-6-8-24(9-7-19)47(44,45)42-18-26(25-14-23(32(33,34)35)17-37-28(25)42)27-22(15-36)16-38-29(40-27)39-20(2)21-10-12-41(13-11-21)30(43)46-31(3,4)5/h6-9,14,16-18,20-21H,10-13H2,1-5H3,(H,38,39,40)/t20-/m1/s1. The van der Waals surface area contributed by atoms with Crippen molar-refractivity contribution in [3.8, 4) is 17.3 Å². The lowest BCUT2D eigenvalue weighted by Gasteiger charge is -2.35. The molecule has 1 aromatic carbocycles. The number of aromatic nitrogens is 4. The number of halogens is 3. The van der Waals surface area contributed by atoms with Gasteiger partial charge in [-0.15, -0.1) is 0 Å². The van der Waals surface area contributed by atoms with Crippen molar-refractivity contribution in [3.63, 3.8) is 0 Å². The summed E-state index contributed by atoms with van der Waals surface area (Å²) in [6, 6.07) is 8.58. The number of nitrogens with one attached hydrogen (secondary N) is 1. The SMILES string of the molecule is Cc1ccc(S(=O)(=O)n2cc(-c3nc(N[C@H](C)C4CCN(C(=O)OC(C)(C)C)CC4)ncc3C#N)c3cc(C(F)(F)F)cnc32)cc1. The van der Waals surface area contributed by atoms with Gasteiger partial charge in [0, 0.05) is 42.5 Å². The molecule has 5 rings (SSSR count). The highest BCUT2D eigenvalue weighted by Crippen LogP contribution is 2.37. The fourth-order valence-electron chi connectivity index (χ4n) is 5.40. The van der Waals surface area contributed by atoms with Gasteiger partial charge in [0.1, 0.15) is 11.7 Å². The number of nitriles is 1. The number of hydrogen-bond acceptors (Lipinski definition) is 9. The van der Waals surface area contributed by atoms with Crippen molar-refractivity contribution < 1.29 is 31.1 Å². The van der Waals surface area contributed by atoms with Crippen molar-refractivity contribution >= 4 is 33.1 Å². The summed E-state index contributed by atoms with van der Waals surface area (Å²) < 4.78 is 75.1. The van der Waals surface area contributed by atoms with Crippen LogP contribution in [0.3, 0.4) is 0 Å². The minimum absolute atomic E-state index is 0.0328. The summed E-state index contributed by atoms with van der Waals surface area (Å²) in [6.45, 7) is 10.1. The molecule has 4 aromatic rings. The van der Waals surface area contributed by atoms with Gasteiger partial charge in [0.25, 0.3) is 10.0 Å². The van der Waals surface area contributed by atoms with E-state index in [2.05, 4.69) is 20.3 Å². The molecule has 1 amide bonds. The van der Waals surface area contributed by atoms with Crippen LogP contribution in [0, 0.1) is 24.2 Å². The van der Waals surface area contributed by atoms with Gasteiger partial charge in [-0.25, -0.2) is 32.1 Å². The number of amides is 1. The van der Waals surface area contributed by atoms with E-state index >= 15 is 0 Å². The second-order valence-corrected chi connectivity index (χ2v) is 14.4. The predicted octanol–water partition coefficient (Wildman–Crippen LogP) is 6.38. The highest BCUT2D eigenvalue weighted by Gasteiger charge is 2.34. The third-order valence-corrected chi connectivity index (χ3v) is 9.60. The lowest BCUT2D eigenvalue weighted by Crippen LogP contribution is -2.44. The number of aryl methyl sites for hydroxylation is 1. The van der Waals surface area contributed by atoms with Crippen molar-refractivity contribution in [1.29, 1.82) is 5.26 Å². The number of ether oxygens (including phenoxy) is 1. The molecule has 1 N–H and O–H groups in total. The van der Waals surface area contributed by atoms with Gasteiger partial charge in [-0.2, -0.15) is 18.4 Å². The number of carbonyl (C=O) groups is 1. The van der Waals surface area contributed by atoms with E-state index in [4.69, 9.17) is 4.74 Å². The number of fused-ring (bicyclic) bond motifs is 1. The van der Waals surface area contributed by atoms with Crippen LogP contribution in [0.2, 0.25) is 0 Å². The van der Waals surface area contributed by atoms with E-state index in [0.29, 0.717) is 32.1 Å². The number of hydrogen-bond donors (Lipinski definition) is 1. The van der Waals surface area contributed by atoms with Crippen molar-refractivity contribution in [2.45, 2.75) is 70.2 Å². The van der Waals surface area contributed by atoms with Gasteiger partial charge in [-0.1, -0.05) is 17.7 Å². The van der Waals surface area contributed by atoms with Crippen LogP contribution < -0.4 is 5.32 Å². The fourth-order valence-corrected chi connectivity index (χ4v) is 6.72. The van der Waals surface area contributed by atoms with E-state index in [0.717, 1.165) is 21.8 Å². The molecule has 1 saturated heterocycles. The van der Waals surface area contributed by atoms with Crippen LogP contribution in [0.1, 0.15) is 57.2 Å². The molecule has 1 atom stereocenters. The molecule has 0 saturated carbocycles. The minimum atomic E-state index is -4.76. The van der Waals surface area contributed by atoms with E-state index in [-0.39, 0.29) is 56.8 Å². The summed E-state index contributed by atoms with van der Waals surface area (Å²) in [5.41, 5.74) is -1.29. The lowest BCUT2D eigenvalue weighted by atomic mass is 9.90. The molecular formula is C32H34F3N7O4S. The molecule has 0 aliphatic carbocycles. The summed E-state index contributed by atoms with van der Waals surface area (Å²) in [7, 11) is -4.31. The highest BCUT2D eigenvalue weighted by molar-refractivity contribution is 7.90.